The Morgan fingerprint density at radius 2 is 2.15 bits per heavy atom. The largest absolute Gasteiger partial charge is 0.347 e. The van der Waals surface area contributed by atoms with Gasteiger partial charge in [0.1, 0.15) is 0 Å². The number of benzene rings is 1. The van der Waals surface area contributed by atoms with Gasteiger partial charge in [-0.1, -0.05) is 5.16 Å². The molecule has 1 aliphatic heterocycles. The van der Waals surface area contributed by atoms with Gasteiger partial charge in [0.05, 0.1) is 23.9 Å². The zero-order valence-electron chi connectivity index (χ0n) is 14.9. The van der Waals surface area contributed by atoms with E-state index >= 15 is 0 Å². The van der Waals surface area contributed by atoms with E-state index in [1.165, 1.54) is 0 Å². The molecule has 4 rings (SSSR count). The molecule has 1 saturated heterocycles. The number of likely N-dealkylation sites (tertiary alicyclic amines) is 1. The molecule has 2 amide bonds. The van der Waals surface area contributed by atoms with Crippen LogP contribution in [-0.4, -0.2) is 49.9 Å². The van der Waals surface area contributed by atoms with Crippen molar-refractivity contribution < 1.29 is 14.1 Å². The van der Waals surface area contributed by atoms with E-state index in [1.54, 1.807) is 24.2 Å². The number of amides is 2. The quantitative estimate of drug-likeness (QED) is 0.719. The maximum atomic E-state index is 12.7. The summed E-state index contributed by atoms with van der Waals surface area (Å²) >= 11 is 0. The van der Waals surface area contributed by atoms with Gasteiger partial charge in [-0.2, -0.15) is 4.98 Å². The summed E-state index contributed by atoms with van der Waals surface area (Å²) in [6, 6.07) is 5.44. The summed E-state index contributed by atoms with van der Waals surface area (Å²) in [5, 5.41) is 6.52. The molecule has 1 aliphatic rings. The molecule has 0 spiro atoms. The van der Waals surface area contributed by atoms with E-state index in [0.717, 1.165) is 11.0 Å². The average Bonchev–Trinajstić information content (AvgIpc) is 3.33. The summed E-state index contributed by atoms with van der Waals surface area (Å²) in [4.78, 5) is 38.1. The van der Waals surface area contributed by atoms with Crippen LogP contribution in [0.1, 0.15) is 34.9 Å². The van der Waals surface area contributed by atoms with Crippen molar-refractivity contribution in [2.45, 2.75) is 26.3 Å². The lowest BCUT2D eigenvalue weighted by Gasteiger charge is -2.31. The number of nitrogens with zero attached hydrogens (tertiary/aromatic N) is 4. The van der Waals surface area contributed by atoms with Crippen LogP contribution in [0.5, 0.6) is 0 Å². The summed E-state index contributed by atoms with van der Waals surface area (Å²) in [6.07, 6.45) is 2.87. The third-order valence-electron chi connectivity index (χ3n) is 4.80. The normalized spacial score (nSPS) is 15.2. The van der Waals surface area contributed by atoms with E-state index in [2.05, 4.69) is 25.4 Å². The second kappa shape index (κ2) is 7.18. The summed E-state index contributed by atoms with van der Waals surface area (Å²) in [5.74, 6) is 0.749. The number of H-pyrrole nitrogens is 1. The summed E-state index contributed by atoms with van der Waals surface area (Å²) in [7, 11) is 0. The highest BCUT2D eigenvalue weighted by Gasteiger charge is 2.28. The van der Waals surface area contributed by atoms with Crippen molar-refractivity contribution in [3.8, 4) is 0 Å². The van der Waals surface area contributed by atoms with Crippen LogP contribution in [0, 0.1) is 12.8 Å². The zero-order valence-corrected chi connectivity index (χ0v) is 14.9. The SMILES string of the molecule is Cc1noc(CNC(=O)C2CCN(C(=O)c3ccc4nc[nH]c4c3)CC2)n1. The molecule has 140 valence electrons. The lowest BCUT2D eigenvalue weighted by molar-refractivity contribution is -0.126. The molecule has 9 heteroatoms. The maximum absolute atomic E-state index is 12.7. The number of piperidine rings is 1. The third kappa shape index (κ3) is 3.67. The van der Waals surface area contributed by atoms with Crippen molar-refractivity contribution in [3.63, 3.8) is 0 Å². The van der Waals surface area contributed by atoms with Crippen molar-refractivity contribution in [1.29, 1.82) is 0 Å². The van der Waals surface area contributed by atoms with Gasteiger partial charge in [0, 0.05) is 24.6 Å². The minimum absolute atomic E-state index is 0.0216. The minimum atomic E-state index is -0.117. The predicted octanol–water partition coefficient (Wildman–Crippen LogP) is 1.42. The first-order valence-electron chi connectivity index (χ1n) is 8.89. The van der Waals surface area contributed by atoms with Crippen molar-refractivity contribution >= 4 is 22.8 Å². The number of fused-ring (bicyclic) bond motifs is 1. The number of nitrogens with one attached hydrogen (secondary N) is 2. The molecular formula is C18H20N6O3. The second-order valence-electron chi connectivity index (χ2n) is 6.65. The van der Waals surface area contributed by atoms with E-state index in [4.69, 9.17) is 4.52 Å². The fourth-order valence-corrected chi connectivity index (χ4v) is 3.31. The topological polar surface area (TPSA) is 117 Å². The number of aromatic amines is 1. The van der Waals surface area contributed by atoms with Crippen molar-refractivity contribution in [2.75, 3.05) is 13.1 Å². The maximum Gasteiger partial charge on any atom is 0.253 e. The number of imidazole rings is 1. The minimum Gasteiger partial charge on any atom is -0.347 e. The first-order valence-corrected chi connectivity index (χ1v) is 8.89. The van der Waals surface area contributed by atoms with Crippen LogP contribution in [0.2, 0.25) is 0 Å². The van der Waals surface area contributed by atoms with E-state index < -0.39 is 0 Å². The number of aromatic nitrogens is 4. The summed E-state index contributed by atoms with van der Waals surface area (Å²) in [5.41, 5.74) is 2.30. The Labute approximate surface area is 155 Å². The Morgan fingerprint density at radius 3 is 2.89 bits per heavy atom. The number of aryl methyl sites for hydroxylation is 1. The Balaban J connectivity index is 1.31. The van der Waals surface area contributed by atoms with Gasteiger partial charge in [0.25, 0.3) is 5.91 Å². The predicted molar refractivity (Wildman–Crippen MR) is 95.6 cm³/mol. The zero-order chi connectivity index (χ0) is 18.8. The van der Waals surface area contributed by atoms with Gasteiger partial charge < -0.3 is 19.7 Å². The van der Waals surface area contributed by atoms with Gasteiger partial charge in [0.15, 0.2) is 5.82 Å². The number of carbonyl (C=O) groups is 2. The second-order valence-corrected chi connectivity index (χ2v) is 6.65. The molecule has 3 heterocycles. The standard InChI is InChI=1S/C18H20N6O3/c1-11-22-16(27-23-11)9-19-17(25)12-4-6-24(7-5-12)18(26)13-2-3-14-15(8-13)21-10-20-14/h2-3,8,10,12H,4-7,9H2,1H3,(H,19,25)(H,20,21). The Morgan fingerprint density at radius 1 is 1.33 bits per heavy atom. The molecule has 0 radical (unpaired) electrons. The highest BCUT2D eigenvalue weighted by molar-refractivity contribution is 5.97. The fraction of sp³-hybridized carbons (Fsp3) is 0.389. The lowest BCUT2D eigenvalue weighted by Crippen LogP contribution is -2.42. The van der Waals surface area contributed by atoms with Gasteiger partial charge in [0.2, 0.25) is 11.8 Å². The first kappa shape index (κ1) is 17.2. The average molecular weight is 368 g/mol. The van der Waals surface area contributed by atoms with Crippen molar-refractivity contribution in [3.05, 3.63) is 41.8 Å². The fourth-order valence-electron chi connectivity index (χ4n) is 3.31. The van der Waals surface area contributed by atoms with E-state index in [0.29, 0.717) is 43.2 Å². The molecule has 9 nitrogen and oxygen atoms in total. The van der Waals surface area contributed by atoms with Gasteiger partial charge in [-0.05, 0) is 38.0 Å². The van der Waals surface area contributed by atoms with Crippen LogP contribution < -0.4 is 5.32 Å². The number of carbonyl (C=O) groups excluding carboxylic acids is 2. The highest BCUT2D eigenvalue weighted by atomic mass is 16.5. The molecule has 0 aliphatic carbocycles. The van der Waals surface area contributed by atoms with Crippen LogP contribution in [0.15, 0.2) is 29.0 Å². The lowest BCUT2D eigenvalue weighted by atomic mass is 9.95. The molecule has 0 saturated carbocycles. The van der Waals surface area contributed by atoms with Gasteiger partial charge in [-0.25, -0.2) is 4.98 Å². The molecule has 2 N–H and O–H groups in total. The molecule has 0 unspecified atom stereocenters. The van der Waals surface area contributed by atoms with Crippen LogP contribution in [0.4, 0.5) is 0 Å². The molecule has 0 bridgehead atoms. The molecule has 1 fully saturated rings. The van der Waals surface area contributed by atoms with E-state index in [-0.39, 0.29) is 24.3 Å². The third-order valence-corrected chi connectivity index (χ3v) is 4.80. The Kier molecular flexibility index (Phi) is 4.57. The van der Waals surface area contributed by atoms with Gasteiger partial charge >= 0.3 is 0 Å². The highest BCUT2D eigenvalue weighted by Crippen LogP contribution is 2.20. The molecule has 27 heavy (non-hydrogen) atoms. The summed E-state index contributed by atoms with van der Waals surface area (Å²) < 4.78 is 4.99. The van der Waals surface area contributed by atoms with Crippen LogP contribution >= 0.6 is 0 Å². The molecule has 1 aromatic carbocycles. The van der Waals surface area contributed by atoms with Crippen LogP contribution in [0.25, 0.3) is 11.0 Å². The van der Waals surface area contributed by atoms with Crippen LogP contribution in [-0.2, 0) is 11.3 Å². The summed E-state index contributed by atoms with van der Waals surface area (Å²) in [6.45, 7) is 3.06. The number of rotatable bonds is 4. The van der Waals surface area contributed by atoms with E-state index in [1.807, 2.05) is 12.1 Å². The molecule has 3 aromatic rings. The van der Waals surface area contributed by atoms with Gasteiger partial charge in [-0.3, -0.25) is 9.59 Å². The van der Waals surface area contributed by atoms with Crippen molar-refractivity contribution in [1.82, 2.24) is 30.3 Å². The van der Waals surface area contributed by atoms with E-state index in [9.17, 15) is 9.59 Å². The Bertz CT molecular complexity index is 970. The molecule has 2 aromatic heterocycles. The Hall–Kier alpha value is -3.23. The molecular weight excluding hydrogens is 348 g/mol. The van der Waals surface area contributed by atoms with Gasteiger partial charge in [-0.15, -0.1) is 0 Å². The first-order chi connectivity index (χ1) is 13.1. The number of hydrogen-bond donors (Lipinski definition) is 2. The monoisotopic (exact) mass is 368 g/mol. The number of hydrogen-bond acceptors (Lipinski definition) is 6. The van der Waals surface area contributed by atoms with Crippen molar-refractivity contribution in [2.24, 2.45) is 5.92 Å². The molecule has 0 atom stereocenters. The van der Waals surface area contributed by atoms with Crippen LogP contribution in [0.3, 0.4) is 0 Å². The smallest absolute Gasteiger partial charge is 0.253 e.